The van der Waals surface area contributed by atoms with E-state index >= 15 is 0 Å². The average molecular weight is 156 g/mol. The van der Waals surface area contributed by atoms with Crippen molar-refractivity contribution in [3.8, 4) is 0 Å². The maximum absolute atomic E-state index is 11.1. The van der Waals surface area contributed by atoms with Crippen LogP contribution in [0, 0.1) is 11.3 Å². The molecule has 1 aliphatic carbocycles. The fourth-order valence-corrected chi connectivity index (χ4v) is 1.58. The number of rotatable bonds is 4. The standard InChI is InChI=1S/C9H16O2/c1-7(6-10)5-9(3-4-9)8(2)11/h7,10H,3-6H2,1-2H3. The van der Waals surface area contributed by atoms with Gasteiger partial charge in [0.05, 0.1) is 0 Å². The lowest BCUT2D eigenvalue weighted by atomic mass is 9.90. The topological polar surface area (TPSA) is 37.3 Å². The van der Waals surface area contributed by atoms with E-state index in [1.165, 1.54) is 0 Å². The summed E-state index contributed by atoms with van der Waals surface area (Å²) in [5.41, 5.74) is -0.0256. The SMILES string of the molecule is CC(=O)C1(CC(C)CO)CC1. The summed E-state index contributed by atoms with van der Waals surface area (Å²) in [7, 11) is 0. The second-order valence-corrected chi connectivity index (χ2v) is 3.83. The highest BCUT2D eigenvalue weighted by atomic mass is 16.3. The molecule has 0 aromatic rings. The van der Waals surface area contributed by atoms with E-state index in [-0.39, 0.29) is 17.9 Å². The van der Waals surface area contributed by atoms with Crippen LogP contribution in [-0.4, -0.2) is 17.5 Å². The van der Waals surface area contributed by atoms with E-state index in [9.17, 15) is 4.79 Å². The van der Waals surface area contributed by atoms with Crippen molar-refractivity contribution in [2.75, 3.05) is 6.61 Å². The van der Waals surface area contributed by atoms with Gasteiger partial charge in [-0.05, 0) is 32.1 Å². The van der Waals surface area contributed by atoms with Gasteiger partial charge >= 0.3 is 0 Å². The first-order chi connectivity index (χ1) is 5.10. The second-order valence-electron chi connectivity index (χ2n) is 3.83. The van der Waals surface area contributed by atoms with Crippen LogP contribution < -0.4 is 0 Å². The molecule has 0 heterocycles. The Balaban J connectivity index is 2.41. The molecule has 1 rings (SSSR count). The number of aliphatic hydroxyl groups excluding tert-OH is 1. The number of hydrogen-bond acceptors (Lipinski definition) is 2. The van der Waals surface area contributed by atoms with Gasteiger partial charge in [-0.2, -0.15) is 0 Å². The average Bonchev–Trinajstić information content (AvgIpc) is 2.69. The van der Waals surface area contributed by atoms with Gasteiger partial charge in [0.25, 0.3) is 0 Å². The Kier molecular flexibility index (Phi) is 2.33. The van der Waals surface area contributed by atoms with Gasteiger partial charge in [-0.25, -0.2) is 0 Å². The highest BCUT2D eigenvalue weighted by molar-refractivity contribution is 5.84. The minimum Gasteiger partial charge on any atom is -0.396 e. The number of carbonyl (C=O) groups is 1. The first kappa shape index (κ1) is 8.72. The first-order valence-corrected chi connectivity index (χ1v) is 4.22. The lowest BCUT2D eigenvalue weighted by Gasteiger charge is -2.14. The van der Waals surface area contributed by atoms with Gasteiger partial charge in [0.15, 0.2) is 0 Å². The normalized spacial score (nSPS) is 22.8. The summed E-state index contributed by atoms with van der Waals surface area (Å²) in [5, 5.41) is 8.80. The molecule has 0 aliphatic heterocycles. The van der Waals surface area contributed by atoms with E-state index in [1.807, 2.05) is 6.92 Å². The van der Waals surface area contributed by atoms with Crippen LogP contribution in [-0.2, 0) is 4.79 Å². The van der Waals surface area contributed by atoms with Crippen molar-refractivity contribution >= 4 is 5.78 Å². The summed E-state index contributed by atoms with van der Waals surface area (Å²) in [6.45, 7) is 3.86. The maximum Gasteiger partial charge on any atom is 0.135 e. The Hall–Kier alpha value is -0.370. The van der Waals surface area contributed by atoms with Crippen molar-refractivity contribution in [2.45, 2.75) is 33.1 Å². The van der Waals surface area contributed by atoms with Crippen LogP contribution in [0.1, 0.15) is 33.1 Å². The number of hydrogen-bond donors (Lipinski definition) is 1. The Labute approximate surface area is 67.6 Å². The third-order valence-corrected chi connectivity index (χ3v) is 2.65. The molecule has 1 fully saturated rings. The van der Waals surface area contributed by atoms with E-state index in [0.29, 0.717) is 5.78 Å². The molecule has 0 saturated heterocycles. The molecule has 1 unspecified atom stereocenters. The summed E-state index contributed by atoms with van der Waals surface area (Å²) >= 11 is 0. The molecule has 11 heavy (non-hydrogen) atoms. The van der Waals surface area contributed by atoms with Crippen molar-refractivity contribution in [3.05, 3.63) is 0 Å². The van der Waals surface area contributed by atoms with Gasteiger partial charge in [0, 0.05) is 12.0 Å². The zero-order chi connectivity index (χ0) is 8.48. The first-order valence-electron chi connectivity index (χ1n) is 4.22. The lowest BCUT2D eigenvalue weighted by Crippen LogP contribution is -2.17. The zero-order valence-electron chi connectivity index (χ0n) is 7.26. The quantitative estimate of drug-likeness (QED) is 0.667. The van der Waals surface area contributed by atoms with Crippen LogP contribution in [0.2, 0.25) is 0 Å². The van der Waals surface area contributed by atoms with Crippen LogP contribution in [0.15, 0.2) is 0 Å². The van der Waals surface area contributed by atoms with Gasteiger partial charge in [0.1, 0.15) is 5.78 Å². The molecule has 2 nitrogen and oxygen atoms in total. The van der Waals surface area contributed by atoms with E-state index in [4.69, 9.17) is 5.11 Å². The molecule has 1 N–H and O–H groups in total. The van der Waals surface area contributed by atoms with Gasteiger partial charge in [-0.15, -0.1) is 0 Å². The smallest absolute Gasteiger partial charge is 0.135 e. The van der Waals surface area contributed by atoms with Crippen molar-refractivity contribution < 1.29 is 9.90 Å². The molecule has 64 valence electrons. The minimum absolute atomic E-state index is 0.0256. The molecule has 0 spiro atoms. The second kappa shape index (κ2) is 2.94. The molecular formula is C9H16O2. The fourth-order valence-electron chi connectivity index (χ4n) is 1.58. The highest BCUT2D eigenvalue weighted by Crippen LogP contribution is 2.51. The predicted octanol–water partition coefficient (Wildman–Crippen LogP) is 1.37. The van der Waals surface area contributed by atoms with Gasteiger partial charge in [-0.1, -0.05) is 6.92 Å². The minimum atomic E-state index is -0.0256. The molecule has 0 bridgehead atoms. The van der Waals surface area contributed by atoms with E-state index < -0.39 is 0 Å². The molecule has 0 amide bonds. The van der Waals surface area contributed by atoms with Gasteiger partial charge < -0.3 is 5.11 Å². The number of Topliss-reactive ketones (excluding diaryl/α,β-unsaturated/α-hetero) is 1. The lowest BCUT2D eigenvalue weighted by molar-refractivity contribution is -0.122. The molecule has 1 saturated carbocycles. The Morgan fingerprint density at radius 2 is 2.18 bits per heavy atom. The summed E-state index contributed by atoms with van der Waals surface area (Å²) < 4.78 is 0. The van der Waals surface area contributed by atoms with Crippen LogP contribution in [0.5, 0.6) is 0 Å². The van der Waals surface area contributed by atoms with E-state index in [1.54, 1.807) is 6.92 Å². The van der Waals surface area contributed by atoms with E-state index in [0.717, 1.165) is 19.3 Å². The van der Waals surface area contributed by atoms with Crippen LogP contribution in [0.4, 0.5) is 0 Å². The van der Waals surface area contributed by atoms with Crippen molar-refractivity contribution in [3.63, 3.8) is 0 Å². The van der Waals surface area contributed by atoms with Crippen LogP contribution in [0.3, 0.4) is 0 Å². The van der Waals surface area contributed by atoms with E-state index in [2.05, 4.69) is 0 Å². The fraction of sp³-hybridized carbons (Fsp3) is 0.889. The Morgan fingerprint density at radius 1 is 1.64 bits per heavy atom. The van der Waals surface area contributed by atoms with Crippen LogP contribution in [0.25, 0.3) is 0 Å². The molecule has 1 atom stereocenters. The summed E-state index contributed by atoms with van der Waals surface area (Å²) in [5.74, 6) is 0.583. The molecule has 0 aromatic heterocycles. The monoisotopic (exact) mass is 156 g/mol. The largest absolute Gasteiger partial charge is 0.396 e. The van der Waals surface area contributed by atoms with Crippen molar-refractivity contribution in [1.29, 1.82) is 0 Å². The predicted molar refractivity (Wildman–Crippen MR) is 43.2 cm³/mol. The molecule has 2 heteroatoms. The van der Waals surface area contributed by atoms with Crippen molar-refractivity contribution in [1.82, 2.24) is 0 Å². The summed E-state index contributed by atoms with van der Waals surface area (Å²) in [6.07, 6.45) is 2.94. The number of carbonyl (C=O) groups excluding carboxylic acids is 1. The summed E-state index contributed by atoms with van der Waals surface area (Å²) in [4.78, 5) is 11.1. The highest BCUT2D eigenvalue weighted by Gasteiger charge is 2.47. The maximum atomic E-state index is 11.1. The van der Waals surface area contributed by atoms with Gasteiger partial charge in [0.2, 0.25) is 0 Å². The summed E-state index contributed by atoms with van der Waals surface area (Å²) in [6, 6.07) is 0. The van der Waals surface area contributed by atoms with Crippen LogP contribution >= 0.6 is 0 Å². The van der Waals surface area contributed by atoms with Crippen molar-refractivity contribution in [2.24, 2.45) is 11.3 Å². The molecule has 1 aliphatic rings. The third kappa shape index (κ3) is 1.80. The third-order valence-electron chi connectivity index (χ3n) is 2.65. The molecule has 0 aromatic carbocycles. The number of aliphatic hydroxyl groups is 1. The molecule has 0 radical (unpaired) electrons. The Bertz CT molecular complexity index is 159. The number of ketones is 1. The zero-order valence-corrected chi connectivity index (χ0v) is 7.26. The molecular weight excluding hydrogens is 140 g/mol. The van der Waals surface area contributed by atoms with Gasteiger partial charge in [-0.3, -0.25) is 4.79 Å². The Morgan fingerprint density at radius 3 is 2.45 bits per heavy atom.